The van der Waals surface area contributed by atoms with E-state index in [1.807, 2.05) is 4.90 Å². The third-order valence-electron chi connectivity index (χ3n) is 3.40. The number of carbonyl (C=O) groups is 2. The summed E-state index contributed by atoms with van der Waals surface area (Å²) in [5.74, 6) is -1.07. The van der Waals surface area contributed by atoms with E-state index in [4.69, 9.17) is 5.73 Å². The first-order valence-corrected chi connectivity index (χ1v) is 6.13. The van der Waals surface area contributed by atoms with Gasteiger partial charge in [0.05, 0.1) is 11.6 Å². The van der Waals surface area contributed by atoms with Crippen molar-refractivity contribution < 1.29 is 14.7 Å². The normalized spacial score (nSPS) is 20.1. The number of carboxylic acid groups (broad SMARTS) is 1. The minimum Gasteiger partial charge on any atom is -0.478 e. The minimum absolute atomic E-state index is 0.0352. The van der Waals surface area contributed by atoms with E-state index in [0.29, 0.717) is 25.2 Å². The number of nitrogen functional groups attached to an aromatic ring is 1. The van der Waals surface area contributed by atoms with Crippen molar-refractivity contribution in [1.29, 1.82) is 0 Å². The van der Waals surface area contributed by atoms with Crippen molar-refractivity contribution in [2.24, 2.45) is 0 Å². The highest BCUT2D eigenvalue weighted by molar-refractivity contribution is 5.95. The Morgan fingerprint density at radius 1 is 1.58 bits per heavy atom. The van der Waals surface area contributed by atoms with Crippen molar-refractivity contribution in [2.75, 3.05) is 18.8 Å². The molecule has 1 amide bonds. The molecule has 0 aromatic heterocycles. The number of benzene rings is 1. The molecule has 0 radical (unpaired) electrons. The van der Waals surface area contributed by atoms with Crippen LogP contribution in [0.2, 0.25) is 0 Å². The second-order valence-corrected chi connectivity index (χ2v) is 4.62. The van der Waals surface area contributed by atoms with E-state index in [9.17, 15) is 14.7 Å². The molecule has 0 bridgehead atoms. The Morgan fingerprint density at radius 2 is 2.32 bits per heavy atom. The molecule has 1 saturated heterocycles. The van der Waals surface area contributed by atoms with Crippen LogP contribution in [0.4, 0.5) is 5.69 Å². The van der Waals surface area contributed by atoms with E-state index in [1.54, 1.807) is 25.1 Å². The summed E-state index contributed by atoms with van der Waals surface area (Å²) in [6.07, 6.45) is 0. The topological polar surface area (TPSA) is 95.7 Å². The molecule has 4 N–H and O–H groups in total. The van der Waals surface area contributed by atoms with Crippen LogP contribution in [0.1, 0.15) is 22.8 Å². The molecular formula is C13H17N3O3. The van der Waals surface area contributed by atoms with E-state index in [-0.39, 0.29) is 23.2 Å². The number of hydrogen-bond acceptors (Lipinski definition) is 4. The zero-order valence-electron chi connectivity index (χ0n) is 10.7. The van der Waals surface area contributed by atoms with Gasteiger partial charge in [-0.15, -0.1) is 0 Å². The van der Waals surface area contributed by atoms with Gasteiger partial charge in [0.15, 0.2) is 0 Å². The van der Waals surface area contributed by atoms with Crippen molar-refractivity contribution in [3.8, 4) is 0 Å². The lowest BCUT2D eigenvalue weighted by Crippen LogP contribution is -2.53. The number of piperazine rings is 1. The molecule has 2 rings (SSSR count). The summed E-state index contributed by atoms with van der Waals surface area (Å²) in [5.41, 5.74) is 6.72. The van der Waals surface area contributed by atoms with Gasteiger partial charge in [-0.2, -0.15) is 0 Å². The van der Waals surface area contributed by atoms with Crippen LogP contribution < -0.4 is 11.1 Å². The number of rotatable bonds is 3. The molecule has 1 aromatic carbocycles. The second kappa shape index (κ2) is 5.27. The van der Waals surface area contributed by atoms with Crippen LogP contribution in [0.5, 0.6) is 0 Å². The largest absolute Gasteiger partial charge is 0.478 e. The molecule has 1 heterocycles. The average Bonchev–Trinajstić information content (AvgIpc) is 2.34. The first-order valence-electron chi connectivity index (χ1n) is 6.13. The van der Waals surface area contributed by atoms with Crippen molar-refractivity contribution in [3.05, 3.63) is 29.3 Å². The summed E-state index contributed by atoms with van der Waals surface area (Å²) >= 11 is 0. The monoisotopic (exact) mass is 263 g/mol. The number of anilines is 1. The summed E-state index contributed by atoms with van der Waals surface area (Å²) in [6, 6.07) is 4.77. The molecule has 1 aliphatic heterocycles. The fraction of sp³-hybridized carbons (Fsp3) is 0.385. The fourth-order valence-electron chi connectivity index (χ4n) is 2.28. The summed E-state index contributed by atoms with van der Waals surface area (Å²) < 4.78 is 0. The Hall–Kier alpha value is -2.08. The highest BCUT2D eigenvalue weighted by Crippen LogP contribution is 2.20. The maximum Gasteiger partial charge on any atom is 0.338 e. The average molecular weight is 263 g/mol. The number of amides is 1. The van der Waals surface area contributed by atoms with Crippen molar-refractivity contribution in [1.82, 2.24) is 10.2 Å². The van der Waals surface area contributed by atoms with E-state index in [0.717, 1.165) is 0 Å². The highest BCUT2D eigenvalue weighted by atomic mass is 16.4. The van der Waals surface area contributed by atoms with E-state index in [2.05, 4.69) is 5.32 Å². The number of nitrogens with two attached hydrogens (primary N) is 1. The van der Waals surface area contributed by atoms with Crippen LogP contribution in [0.3, 0.4) is 0 Å². The van der Waals surface area contributed by atoms with Crippen molar-refractivity contribution in [2.45, 2.75) is 19.5 Å². The van der Waals surface area contributed by atoms with Crippen molar-refractivity contribution >= 4 is 17.6 Å². The van der Waals surface area contributed by atoms with Gasteiger partial charge < -0.3 is 16.2 Å². The van der Waals surface area contributed by atoms with Gasteiger partial charge in [-0.05, 0) is 18.6 Å². The maximum absolute atomic E-state index is 11.6. The number of nitrogens with zero attached hydrogens (tertiary/aromatic N) is 1. The third kappa shape index (κ3) is 2.68. The van der Waals surface area contributed by atoms with Crippen molar-refractivity contribution in [3.63, 3.8) is 0 Å². The number of nitrogens with one attached hydrogen (secondary N) is 1. The number of hydrogen-bond donors (Lipinski definition) is 3. The Labute approximate surface area is 111 Å². The molecule has 19 heavy (non-hydrogen) atoms. The first-order chi connectivity index (χ1) is 9.00. The Morgan fingerprint density at radius 3 is 3.00 bits per heavy atom. The lowest BCUT2D eigenvalue weighted by atomic mass is 10.0. The van der Waals surface area contributed by atoms with Crippen LogP contribution in [0, 0.1) is 0 Å². The van der Waals surface area contributed by atoms with E-state index in [1.165, 1.54) is 0 Å². The predicted octanol–water partition coefficient (Wildman–Crippen LogP) is 0.287. The molecule has 6 heteroatoms. The zero-order chi connectivity index (χ0) is 14.0. The summed E-state index contributed by atoms with van der Waals surface area (Å²) in [4.78, 5) is 24.8. The van der Waals surface area contributed by atoms with Gasteiger partial charge in [-0.3, -0.25) is 9.69 Å². The number of carbonyl (C=O) groups excluding carboxylic acids is 1. The van der Waals surface area contributed by atoms with Gasteiger partial charge in [0.1, 0.15) is 0 Å². The molecule has 0 spiro atoms. The van der Waals surface area contributed by atoms with Gasteiger partial charge in [-0.1, -0.05) is 12.1 Å². The molecular weight excluding hydrogens is 246 g/mol. The van der Waals surface area contributed by atoms with Gasteiger partial charge in [0, 0.05) is 25.3 Å². The van der Waals surface area contributed by atoms with E-state index >= 15 is 0 Å². The predicted molar refractivity (Wildman–Crippen MR) is 70.7 cm³/mol. The van der Waals surface area contributed by atoms with Gasteiger partial charge in [0.25, 0.3) is 0 Å². The molecule has 1 atom stereocenters. The Kier molecular flexibility index (Phi) is 3.71. The van der Waals surface area contributed by atoms with Crippen LogP contribution >= 0.6 is 0 Å². The molecule has 6 nitrogen and oxygen atoms in total. The Bertz CT molecular complexity index is 516. The standard InChI is InChI=1S/C13H17N3O3/c1-8-12(17)15-5-6-16(8)7-9-3-2-4-10(14)11(9)13(18)19/h2-4,8H,5-7,14H2,1H3,(H,15,17)(H,18,19). The van der Waals surface area contributed by atoms with Crippen LogP contribution in [0.25, 0.3) is 0 Å². The Balaban J connectivity index is 2.26. The maximum atomic E-state index is 11.6. The van der Waals surface area contributed by atoms with Crippen LogP contribution in [-0.2, 0) is 11.3 Å². The van der Waals surface area contributed by atoms with Gasteiger partial charge >= 0.3 is 5.97 Å². The number of carboxylic acids is 1. The smallest absolute Gasteiger partial charge is 0.338 e. The fourth-order valence-corrected chi connectivity index (χ4v) is 2.28. The third-order valence-corrected chi connectivity index (χ3v) is 3.40. The van der Waals surface area contributed by atoms with Gasteiger partial charge in [0.2, 0.25) is 5.91 Å². The van der Waals surface area contributed by atoms with Gasteiger partial charge in [-0.25, -0.2) is 4.79 Å². The summed E-state index contributed by atoms with van der Waals surface area (Å²) in [7, 11) is 0. The summed E-state index contributed by atoms with van der Waals surface area (Å²) in [5, 5.41) is 12.0. The number of aromatic carboxylic acids is 1. The second-order valence-electron chi connectivity index (χ2n) is 4.62. The first kappa shape index (κ1) is 13.4. The zero-order valence-corrected chi connectivity index (χ0v) is 10.7. The van der Waals surface area contributed by atoms with Crippen LogP contribution in [0.15, 0.2) is 18.2 Å². The molecule has 1 fully saturated rings. The molecule has 0 aliphatic carbocycles. The molecule has 1 aliphatic rings. The molecule has 0 saturated carbocycles. The highest BCUT2D eigenvalue weighted by Gasteiger charge is 2.26. The molecule has 1 aromatic rings. The molecule has 102 valence electrons. The summed E-state index contributed by atoms with van der Waals surface area (Å²) in [6.45, 7) is 3.48. The lowest BCUT2D eigenvalue weighted by molar-refractivity contribution is -0.128. The SMILES string of the molecule is CC1C(=O)NCCN1Cc1cccc(N)c1C(=O)O. The quantitative estimate of drug-likeness (QED) is 0.681. The minimum atomic E-state index is -1.04. The molecule has 1 unspecified atom stereocenters. The van der Waals surface area contributed by atoms with Crippen LogP contribution in [-0.4, -0.2) is 41.0 Å². The lowest BCUT2D eigenvalue weighted by Gasteiger charge is -2.33. The van der Waals surface area contributed by atoms with E-state index < -0.39 is 5.97 Å².